The van der Waals surface area contributed by atoms with Crippen LogP contribution in [0, 0.1) is 5.82 Å². The van der Waals surface area contributed by atoms with Gasteiger partial charge in [0.05, 0.1) is 28.9 Å². The van der Waals surface area contributed by atoms with E-state index < -0.39 is 5.82 Å². The van der Waals surface area contributed by atoms with Gasteiger partial charge in [-0.3, -0.25) is 4.79 Å². The van der Waals surface area contributed by atoms with Crippen molar-refractivity contribution in [3.63, 3.8) is 0 Å². The maximum absolute atomic E-state index is 13.8. The number of aliphatic imine (C=N–C) groups is 1. The van der Waals surface area contributed by atoms with E-state index in [1.54, 1.807) is 25.1 Å². The fraction of sp³-hybridized carbons (Fsp3) is 0.214. The number of likely N-dealkylation sites (N-methyl/N-ethyl adjacent to an activating group) is 1. The number of fused-ring (bicyclic) bond motifs is 1. The number of aromatic hydroxyl groups is 1. The van der Waals surface area contributed by atoms with Crippen LogP contribution in [0.25, 0.3) is 10.9 Å². The Labute approximate surface area is 204 Å². The molecule has 0 saturated carbocycles. The molecule has 3 aromatic carbocycles. The third kappa shape index (κ3) is 5.58. The zero-order valence-corrected chi connectivity index (χ0v) is 20.3. The maximum Gasteiger partial charge on any atom is 0.226 e. The van der Waals surface area contributed by atoms with Crippen LogP contribution in [0.3, 0.4) is 0 Å². The number of benzene rings is 3. The Morgan fingerprint density at radius 2 is 1.60 bits per heavy atom. The molecule has 35 heavy (non-hydrogen) atoms. The van der Waals surface area contributed by atoms with Crippen LogP contribution in [0.15, 0.2) is 71.7 Å². The van der Waals surface area contributed by atoms with E-state index in [1.165, 1.54) is 12.1 Å². The number of hydrogen-bond acceptors (Lipinski definition) is 4. The highest BCUT2D eigenvalue weighted by Gasteiger charge is 2.19. The van der Waals surface area contributed by atoms with Crippen molar-refractivity contribution >= 4 is 28.2 Å². The van der Waals surface area contributed by atoms with Crippen LogP contribution in [-0.4, -0.2) is 59.7 Å². The van der Waals surface area contributed by atoms with Gasteiger partial charge in [0.2, 0.25) is 5.91 Å². The van der Waals surface area contributed by atoms with Crippen molar-refractivity contribution in [1.82, 2.24) is 14.8 Å². The lowest BCUT2D eigenvalue weighted by Gasteiger charge is -2.12. The summed E-state index contributed by atoms with van der Waals surface area (Å²) in [5, 5.41) is 11.5. The van der Waals surface area contributed by atoms with Gasteiger partial charge in [0.1, 0.15) is 5.82 Å². The molecule has 4 rings (SSSR count). The summed E-state index contributed by atoms with van der Waals surface area (Å²) in [6, 6.07) is 19.8. The van der Waals surface area contributed by atoms with Crippen LogP contribution in [-0.2, 0) is 17.8 Å². The normalized spacial score (nSPS) is 11.9. The van der Waals surface area contributed by atoms with Crippen LogP contribution < -0.4 is 0 Å². The van der Waals surface area contributed by atoms with E-state index in [2.05, 4.69) is 9.88 Å². The van der Waals surface area contributed by atoms with Gasteiger partial charge in [-0.1, -0.05) is 36.4 Å². The van der Waals surface area contributed by atoms with E-state index in [-0.39, 0.29) is 11.8 Å². The van der Waals surface area contributed by atoms with Crippen LogP contribution in [0.4, 0.5) is 10.1 Å². The van der Waals surface area contributed by atoms with E-state index in [4.69, 9.17) is 4.99 Å². The number of hydrogen-bond donors (Lipinski definition) is 2. The third-order valence-corrected chi connectivity index (χ3v) is 5.74. The van der Waals surface area contributed by atoms with Crippen molar-refractivity contribution in [2.45, 2.75) is 13.0 Å². The van der Waals surface area contributed by atoms with E-state index >= 15 is 0 Å². The summed E-state index contributed by atoms with van der Waals surface area (Å²) >= 11 is 0. The minimum atomic E-state index is -0.393. The van der Waals surface area contributed by atoms with Gasteiger partial charge in [-0.25, -0.2) is 9.38 Å². The molecule has 0 aliphatic carbocycles. The van der Waals surface area contributed by atoms with E-state index in [0.717, 1.165) is 28.9 Å². The molecule has 0 bridgehead atoms. The second kappa shape index (κ2) is 10.1. The van der Waals surface area contributed by atoms with Crippen molar-refractivity contribution in [1.29, 1.82) is 0 Å². The predicted octanol–water partition coefficient (Wildman–Crippen LogP) is 4.87. The summed E-state index contributed by atoms with van der Waals surface area (Å²) in [7, 11) is 7.49. The summed E-state index contributed by atoms with van der Waals surface area (Å²) in [6.07, 6.45) is 0.296. The molecule has 0 aliphatic rings. The standard InChI is InChI=1S/C28H29FN4O2/c1-32(2)17-19-7-12-22(13-8-19)30-27(20-9-5-18(6-10-20)15-25(34)33(3)4)26-23-14-11-21(29)16-24(23)31-28(26)35/h5-14,16,31,35H,15,17H2,1-4H3. The highest BCUT2D eigenvalue weighted by atomic mass is 19.1. The van der Waals surface area contributed by atoms with Gasteiger partial charge < -0.3 is 19.9 Å². The smallest absolute Gasteiger partial charge is 0.226 e. The Hall–Kier alpha value is -3.97. The molecule has 0 spiro atoms. The largest absolute Gasteiger partial charge is 0.494 e. The Morgan fingerprint density at radius 3 is 2.23 bits per heavy atom. The molecule has 0 unspecified atom stereocenters. The number of carbonyl (C=O) groups is 1. The summed E-state index contributed by atoms with van der Waals surface area (Å²) in [6.45, 7) is 0.818. The van der Waals surface area contributed by atoms with Crippen molar-refractivity contribution < 1.29 is 14.3 Å². The zero-order chi connectivity index (χ0) is 25.1. The van der Waals surface area contributed by atoms with Gasteiger partial charge in [0.15, 0.2) is 5.88 Å². The van der Waals surface area contributed by atoms with Crippen LogP contribution in [0.5, 0.6) is 5.88 Å². The van der Waals surface area contributed by atoms with Gasteiger partial charge in [-0.2, -0.15) is 0 Å². The minimum absolute atomic E-state index is 0.0146. The fourth-order valence-corrected chi connectivity index (χ4v) is 3.94. The predicted molar refractivity (Wildman–Crippen MR) is 138 cm³/mol. The molecule has 0 aliphatic heterocycles. The Balaban J connectivity index is 1.80. The first-order chi connectivity index (χ1) is 16.7. The maximum atomic E-state index is 13.8. The SMILES string of the molecule is CN(C)Cc1ccc(N=C(c2ccc(CC(=O)N(C)C)cc2)c2c(O)[nH]c3cc(F)ccc23)cc1. The number of rotatable bonds is 7. The summed E-state index contributed by atoms with van der Waals surface area (Å²) in [4.78, 5) is 23.5. The number of nitrogens with zero attached hydrogens (tertiary/aromatic N) is 3. The van der Waals surface area contributed by atoms with Crippen LogP contribution in [0.1, 0.15) is 22.3 Å². The molecule has 1 aromatic heterocycles. The molecule has 1 amide bonds. The Morgan fingerprint density at radius 1 is 0.943 bits per heavy atom. The molecule has 0 radical (unpaired) electrons. The molecule has 6 nitrogen and oxygen atoms in total. The minimum Gasteiger partial charge on any atom is -0.494 e. The first-order valence-corrected chi connectivity index (χ1v) is 11.3. The number of halogens is 1. The molecule has 0 fully saturated rings. The molecule has 7 heteroatoms. The lowest BCUT2D eigenvalue weighted by Crippen LogP contribution is -2.23. The lowest BCUT2D eigenvalue weighted by atomic mass is 9.99. The molecule has 4 aromatic rings. The first kappa shape index (κ1) is 24.2. The second-order valence-electron chi connectivity index (χ2n) is 9.07. The van der Waals surface area contributed by atoms with Gasteiger partial charge in [-0.05, 0) is 55.6 Å². The third-order valence-electron chi connectivity index (χ3n) is 5.74. The van der Waals surface area contributed by atoms with E-state index in [1.807, 2.05) is 62.6 Å². The highest BCUT2D eigenvalue weighted by molar-refractivity contribution is 6.21. The zero-order valence-electron chi connectivity index (χ0n) is 20.3. The number of aromatic nitrogens is 1. The van der Waals surface area contributed by atoms with Crippen molar-refractivity contribution in [2.75, 3.05) is 28.2 Å². The van der Waals surface area contributed by atoms with Gasteiger partial charge in [-0.15, -0.1) is 0 Å². The number of H-pyrrole nitrogens is 1. The molecular formula is C28H29FN4O2. The molecule has 0 saturated heterocycles. The molecule has 2 N–H and O–H groups in total. The first-order valence-electron chi connectivity index (χ1n) is 11.3. The van der Waals surface area contributed by atoms with Crippen LogP contribution >= 0.6 is 0 Å². The summed E-state index contributed by atoms with van der Waals surface area (Å²) in [5.41, 5.74) is 5.07. The molecule has 1 heterocycles. The van der Waals surface area contributed by atoms with Gasteiger partial charge >= 0.3 is 0 Å². The van der Waals surface area contributed by atoms with E-state index in [0.29, 0.717) is 28.6 Å². The average molecular weight is 473 g/mol. The number of carbonyl (C=O) groups excluding carboxylic acids is 1. The number of aromatic amines is 1. The molecule has 180 valence electrons. The Kier molecular flexibility index (Phi) is 6.98. The second-order valence-corrected chi connectivity index (χ2v) is 9.07. The number of amides is 1. The quantitative estimate of drug-likeness (QED) is 0.377. The molecule has 0 atom stereocenters. The summed E-state index contributed by atoms with van der Waals surface area (Å²) in [5.74, 6) is -0.462. The van der Waals surface area contributed by atoms with Crippen molar-refractivity contribution in [2.24, 2.45) is 4.99 Å². The van der Waals surface area contributed by atoms with Crippen molar-refractivity contribution in [3.05, 3.63) is 94.8 Å². The van der Waals surface area contributed by atoms with Gasteiger partial charge in [0.25, 0.3) is 0 Å². The highest BCUT2D eigenvalue weighted by Crippen LogP contribution is 2.32. The Bertz CT molecular complexity index is 1370. The van der Waals surface area contributed by atoms with Gasteiger partial charge in [0, 0.05) is 31.6 Å². The summed E-state index contributed by atoms with van der Waals surface area (Å²) < 4.78 is 13.8. The molecular weight excluding hydrogens is 443 g/mol. The monoisotopic (exact) mass is 472 g/mol. The van der Waals surface area contributed by atoms with Crippen molar-refractivity contribution in [3.8, 4) is 5.88 Å². The fourth-order valence-electron chi connectivity index (χ4n) is 3.94. The topological polar surface area (TPSA) is 71.9 Å². The lowest BCUT2D eigenvalue weighted by molar-refractivity contribution is -0.127. The average Bonchev–Trinajstić information content (AvgIpc) is 3.13. The number of nitrogens with one attached hydrogen (secondary N) is 1. The van der Waals surface area contributed by atoms with E-state index in [9.17, 15) is 14.3 Å². The van der Waals surface area contributed by atoms with Crippen LogP contribution in [0.2, 0.25) is 0 Å².